The molecule has 2 aliphatic rings. The monoisotopic (exact) mass is 443 g/mol. The lowest BCUT2D eigenvalue weighted by Gasteiger charge is -2.34. The molecule has 2 fully saturated rings. The van der Waals surface area contributed by atoms with E-state index in [0.29, 0.717) is 11.8 Å². The Labute approximate surface area is 193 Å². The molecule has 1 aliphatic heterocycles. The number of ether oxygens (including phenoxy) is 1. The molecule has 178 valence electrons. The topological polar surface area (TPSA) is 61.9 Å². The maximum Gasteiger partial charge on any atom is 0.410 e. The van der Waals surface area contributed by atoms with Gasteiger partial charge in [-0.25, -0.2) is 4.79 Å². The Morgan fingerprint density at radius 2 is 1.88 bits per heavy atom. The third-order valence-corrected chi connectivity index (χ3v) is 7.06. The van der Waals surface area contributed by atoms with Gasteiger partial charge in [-0.3, -0.25) is 14.6 Å². The van der Waals surface area contributed by atoms with E-state index in [1.54, 1.807) is 7.05 Å². The molecule has 1 aromatic rings. The van der Waals surface area contributed by atoms with E-state index in [0.717, 1.165) is 38.9 Å². The molecular weight excluding hydrogens is 402 g/mol. The average Bonchev–Trinajstić information content (AvgIpc) is 3.28. The van der Waals surface area contributed by atoms with E-state index in [4.69, 9.17) is 4.74 Å². The van der Waals surface area contributed by atoms with Crippen molar-refractivity contribution in [3.8, 4) is 0 Å². The molecule has 2 amide bonds. The Morgan fingerprint density at radius 1 is 1.19 bits per heavy atom. The van der Waals surface area contributed by atoms with E-state index in [2.05, 4.69) is 47.5 Å². The number of fused-ring (bicyclic) bond motifs is 1. The van der Waals surface area contributed by atoms with Crippen LogP contribution < -0.4 is 5.32 Å². The van der Waals surface area contributed by atoms with Gasteiger partial charge in [0.1, 0.15) is 11.6 Å². The molecule has 6 heteroatoms. The van der Waals surface area contributed by atoms with Crippen molar-refractivity contribution in [3.05, 3.63) is 35.9 Å². The fourth-order valence-electron chi connectivity index (χ4n) is 5.26. The van der Waals surface area contributed by atoms with Gasteiger partial charge in [-0.05, 0) is 56.9 Å². The van der Waals surface area contributed by atoms with Gasteiger partial charge in [-0.15, -0.1) is 0 Å². The van der Waals surface area contributed by atoms with Crippen molar-refractivity contribution in [2.24, 2.45) is 17.8 Å². The molecule has 3 rings (SSSR count). The molecule has 6 nitrogen and oxygen atoms in total. The minimum absolute atomic E-state index is 0.0443. The SMILES string of the molecule is CCC(C)[C@@H](C(=O)N[C@@H]1CC[C@H]2CN(Cc3ccccc3)C[C@H]21)N(C)C(=O)OC(C)(C)C. The fraction of sp³-hybridized carbons (Fsp3) is 0.692. The van der Waals surface area contributed by atoms with Gasteiger partial charge in [0.15, 0.2) is 0 Å². The zero-order valence-electron chi connectivity index (χ0n) is 20.6. The van der Waals surface area contributed by atoms with Crippen molar-refractivity contribution in [3.63, 3.8) is 0 Å². The summed E-state index contributed by atoms with van der Waals surface area (Å²) in [6.07, 6.45) is 2.53. The van der Waals surface area contributed by atoms with E-state index >= 15 is 0 Å². The predicted molar refractivity (Wildman–Crippen MR) is 127 cm³/mol. The second-order valence-corrected chi connectivity index (χ2v) is 10.7. The van der Waals surface area contributed by atoms with Crippen molar-refractivity contribution in [2.45, 2.75) is 78.1 Å². The average molecular weight is 444 g/mol. The highest BCUT2D eigenvalue weighted by Gasteiger charge is 2.44. The van der Waals surface area contributed by atoms with Gasteiger partial charge in [0.25, 0.3) is 0 Å². The Balaban J connectivity index is 1.63. The number of carbonyl (C=O) groups is 2. The number of likely N-dealkylation sites (N-methyl/N-ethyl adjacent to an activating group) is 1. The van der Waals surface area contributed by atoms with Crippen LogP contribution in [0, 0.1) is 17.8 Å². The summed E-state index contributed by atoms with van der Waals surface area (Å²) in [6, 6.07) is 10.2. The summed E-state index contributed by atoms with van der Waals surface area (Å²) >= 11 is 0. The molecule has 32 heavy (non-hydrogen) atoms. The number of rotatable bonds is 7. The fourth-order valence-corrected chi connectivity index (χ4v) is 5.26. The van der Waals surface area contributed by atoms with Gasteiger partial charge < -0.3 is 10.1 Å². The van der Waals surface area contributed by atoms with Crippen LogP contribution in [0.5, 0.6) is 0 Å². The number of benzene rings is 1. The van der Waals surface area contributed by atoms with Crippen LogP contribution in [0.15, 0.2) is 30.3 Å². The van der Waals surface area contributed by atoms with Crippen LogP contribution in [0.4, 0.5) is 4.79 Å². The van der Waals surface area contributed by atoms with E-state index in [-0.39, 0.29) is 17.9 Å². The van der Waals surface area contributed by atoms with E-state index in [1.165, 1.54) is 10.5 Å². The maximum atomic E-state index is 13.4. The van der Waals surface area contributed by atoms with Crippen molar-refractivity contribution < 1.29 is 14.3 Å². The van der Waals surface area contributed by atoms with Crippen LogP contribution in [0.3, 0.4) is 0 Å². The minimum Gasteiger partial charge on any atom is -0.444 e. The van der Waals surface area contributed by atoms with Gasteiger partial charge >= 0.3 is 6.09 Å². The third kappa shape index (κ3) is 6.03. The molecular formula is C26H41N3O3. The normalized spacial score (nSPS) is 25.1. The molecule has 1 saturated heterocycles. The van der Waals surface area contributed by atoms with Crippen LogP contribution in [0.2, 0.25) is 0 Å². The molecule has 0 bridgehead atoms. The Hall–Kier alpha value is -2.08. The first-order valence-electron chi connectivity index (χ1n) is 12.1. The van der Waals surface area contributed by atoms with E-state index < -0.39 is 17.7 Å². The van der Waals surface area contributed by atoms with Crippen molar-refractivity contribution >= 4 is 12.0 Å². The number of carbonyl (C=O) groups excluding carboxylic acids is 2. The number of nitrogens with one attached hydrogen (secondary N) is 1. The second-order valence-electron chi connectivity index (χ2n) is 10.7. The minimum atomic E-state index is -0.591. The summed E-state index contributed by atoms with van der Waals surface area (Å²) in [5.41, 5.74) is 0.746. The molecule has 1 heterocycles. The first-order chi connectivity index (χ1) is 15.1. The summed E-state index contributed by atoms with van der Waals surface area (Å²) in [6.45, 7) is 12.7. The highest BCUT2D eigenvalue weighted by Crippen LogP contribution is 2.39. The van der Waals surface area contributed by atoms with Crippen LogP contribution in [0.25, 0.3) is 0 Å². The summed E-state index contributed by atoms with van der Waals surface area (Å²) in [4.78, 5) is 30.1. The van der Waals surface area contributed by atoms with Gasteiger partial charge in [0.2, 0.25) is 5.91 Å². The Bertz CT molecular complexity index is 776. The molecule has 1 aromatic carbocycles. The Kier molecular flexibility index (Phi) is 7.86. The smallest absolute Gasteiger partial charge is 0.410 e. The number of hydrogen-bond donors (Lipinski definition) is 1. The first kappa shape index (κ1) is 24.6. The molecule has 1 unspecified atom stereocenters. The van der Waals surface area contributed by atoms with E-state index in [9.17, 15) is 9.59 Å². The summed E-state index contributed by atoms with van der Waals surface area (Å²) in [5.74, 6) is 1.10. The highest BCUT2D eigenvalue weighted by molar-refractivity contribution is 5.86. The molecule has 0 radical (unpaired) electrons. The van der Waals surface area contributed by atoms with Crippen LogP contribution in [-0.4, -0.2) is 59.6 Å². The van der Waals surface area contributed by atoms with Crippen molar-refractivity contribution in [1.82, 2.24) is 15.1 Å². The summed E-state index contributed by atoms with van der Waals surface area (Å²) in [7, 11) is 1.68. The van der Waals surface area contributed by atoms with Crippen LogP contribution in [0.1, 0.15) is 59.4 Å². The maximum absolute atomic E-state index is 13.4. The largest absolute Gasteiger partial charge is 0.444 e. The zero-order valence-corrected chi connectivity index (χ0v) is 20.6. The van der Waals surface area contributed by atoms with Gasteiger partial charge in [0.05, 0.1) is 0 Å². The molecule has 5 atom stereocenters. The molecule has 0 spiro atoms. The lowest BCUT2D eigenvalue weighted by atomic mass is 9.95. The Morgan fingerprint density at radius 3 is 2.50 bits per heavy atom. The zero-order chi connectivity index (χ0) is 23.5. The quantitative estimate of drug-likeness (QED) is 0.683. The van der Waals surface area contributed by atoms with Crippen LogP contribution in [-0.2, 0) is 16.1 Å². The summed E-state index contributed by atoms with van der Waals surface area (Å²) < 4.78 is 5.54. The molecule has 1 saturated carbocycles. The highest BCUT2D eigenvalue weighted by atomic mass is 16.6. The number of likely N-dealkylation sites (tertiary alicyclic amines) is 1. The predicted octanol–water partition coefficient (Wildman–Crippen LogP) is 4.29. The van der Waals surface area contributed by atoms with Crippen molar-refractivity contribution in [1.29, 1.82) is 0 Å². The van der Waals surface area contributed by atoms with Gasteiger partial charge in [0, 0.05) is 32.7 Å². The van der Waals surface area contributed by atoms with Crippen LogP contribution >= 0.6 is 0 Å². The standard InChI is InChI=1S/C26H41N3O3/c1-7-18(2)23(28(6)25(31)32-26(3,4)5)24(30)27-22-14-13-20-16-29(17-21(20)22)15-19-11-9-8-10-12-19/h8-12,18,20-23H,7,13-17H2,1-6H3,(H,27,30)/t18?,20-,21+,22+,23-/m0/s1. The van der Waals surface area contributed by atoms with Crippen molar-refractivity contribution in [2.75, 3.05) is 20.1 Å². The second kappa shape index (κ2) is 10.2. The molecule has 1 N–H and O–H groups in total. The van der Waals surface area contributed by atoms with E-state index in [1.807, 2.05) is 27.7 Å². The van der Waals surface area contributed by atoms with Gasteiger partial charge in [-0.2, -0.15) is 0 Å². The summed E-state index contributed by atoms with van der Waals surface area (Å²) in [5, 5.41) is 3.33. The lowest BCUT2D eigenvalue weighted by molar-refractivity contribution is -0.128. The number of hydrogen-bond acceptors (Lipinski definition) is 4. The molecule has 1 aliphatic carbocycles. The molecule has 0 aromatic heterocycles. The number of nitrogens with zero attached hydrogens (tertiary/aromatic N) is 2. The first-order valence-corrected chi connectivity index (χ1v) is 12.1. The number of amides is 2. The lowest BCUT2D eigenvalue weighted by Crippen LogP contribution is -2.54. The third-order valence-electron chi connectivity index (χ3n) is 7.06. The van der Waals surface area contributed by atoms with Gasteiger partial charge in [-0.1, -0.05) is 50.6 Å².